The van der Waals surface area contributed by atoms with Gasteiger partial charge in [-0.2, -0.15) is 5.26 Å². The number of carboxylic acids is 1. The zero-order valence-electron chi connectivity index (χ0n) is 11.1. The van der Waals surface area contributed by atoms with Gasteiger partial charge in [0.05, 0.1) is 17.0 Å². The van der Waals surface area contributed by atoms with Crippen LogP contribution in [0, 0.1) is 11.3 Å². The maximum Gasteiger partial charge on any atom is 0.314 e. The van der Waals surface area contributed by atoms with E-state index in [1.54, 1.807) is 55.7 Å². The number of carbonyl (C=O) groups is 1. The van der Waals surface area contributed by atoms with Gasteiger partial charge in [0.2, 0.25) is 0 Å². The zero-order chi connectivity index (χ0) is 14.6. The molecule has 0 saturated heterocycles. The van der Waals surface area contributed by atoms with Crippen molar-refractivity contribution in [1.82, 2.24) is 4.98 Å². The standard InChI is InChI=1S/C16H14N2O2/c1-16(15(19)20,10-12-5-7-18-8-6-12)14-4-2-3-13(9-14)11-17/h2-9H,10H2,1H3,(H,19,20). The van der Waals surface area contributed by atoms with Crippen LogP contribution in [0.15, 0.2) is 48.8 Å². The molecule has 0 aliphatic rings. The molecular weight excluding hydrogens is 252 g/mol. The van der Waals surface area contributed by atoms with Gasteiger partial charge in [0.25, 0.3) is 0 Å². The average Bonchev–Trinajstić information content (AvgIpc) is 2.48. The molecule has 0 bridgehead atoms. The Kier molecular flexibility index (Phi) is 3.81. The Morgan fingerprint density at radius 3 is 2.65 bits per heavy atom. The smallest absolute Gasteiger partial charge is 0.314 e. The number of nitriles is 1. The van der Waals surface area contributed by atoms with Crippen LogP contribution in [0.2, 0.25) is 0 Å². The predicted molar refractivity (Wildman–Crippen MR) is 74.1 cm³/mol. The van der Waals surface area contributed by atoms with E-state index in [-0.39, 0.29) is 0 Å². The minimum atomic E-state index is -1.08. The summed E-state index contributed by atoms with van der Waals surface area (Å²) in [5.41, 5.74) is 0.909. The van der Waals surface area contributed by atoms with E-state index in [0.29, 0.717) is 17.5 Å². The Hall–Kier alpha value is -2.67. The molecular formula is C16H14N2O2. The van der Waals surface area contributed by atoms with Crippen molar-refractivity contribution in [2.45, 2.75) is 18.8 Å². The molecule has 0 aliphatic heterocycles. The van der Waals surface area contributed by atoms with Gasteiger partial charge in [-0.1, -0.05) is 12.1 Å². The number of aliphatic carboxylic acids is 1. The molecule has 100 valence electrons. The van der Waals surface area contributed by atoms with Crippen molar-refractivity contribution in [3.63, 3.8) is 0 Å². The monoisotopic (exact) mass is 266 g/mol. The largest absolute Gasteiger partial charge is 0.481 e. The normalized spacial score (nSPS) is 13.2. The van der Waals surface area contributed by atoms with Gasteiger partial charge in [-0.25, -0.2) is 0 Å². The topological polar surface area (TPSA) is 74.0 Å². The lowest BCUT2D eigenvalue weighted by Gasteiger charge is -2.25. The Bertz CT molecular complexity index is 662. The molecule has 0 saturated carbocycles. The molecule has 2 rings (SSSR count). The molecule has 0 amide bonds. The Morgan fingerprint density at radius 1 is 1.35 bits per heavy atom. The summed E-state index contributed by atoms with van der Waals surface area (Å²) in [6.45, 7) is 1.67. The highest BCUT2D eigenvalue weighted by molar-refractivity contribution is 5.81. The molecule has 0 aliphatic carbocycles. The van der Waals surface area contributed by atoms with E-state index in [0.717, 1.165) is 5.56 Å². The van der Waals surface area contributed by atoms with Crippen LogP contribution in [-0.4, -0.2) is 16.1 Å². The number of nitrogens with zero attached hydrogens (tertiary/aromatic N) is 2. The van der Waals surface area contributed by atoms with Crippen LogP contribution in [0.3, 0.4) is 0 Å². The quantitative estimate of drug-likeness (QED) is 0.922. The van der Waals surface area contributed by atoms with Crippen molar-refractivity contribution >= 4 is 5.97 Å². The number of rotatable bonds is 4. The molecule has 1 aromatic heterocycles. The van der Waals surface area contributed by atoms with Crippen molar-refractivity contribution in [3.05, 3.63) is 65.5 Å². The number of carboxylic acid groups (broad SMARTS) is 1. The zero-order valence-corrected chi connectivity index (χ0v) is 11.1. The summed E-state index contributed by atoms with van der Waals surface area (Å²) in [5.74, 6) is -0.913. The summed E-state index contributed by atoms with van der Waals surface area (Å²) in [4.78, 5) is 15.7. The maximum atomic E-state index is 11.7. The fraction of sp³-hybridized carbons (Fsp3) is 0.188. The van der Waals surface area contributed by atoms with Gasteiger partial charge < -0.3 is 5.11 Å². The maximum absolute atomic E-state index is 11.7. The summed E-state index contributed by atoms with van der Waals surface area (Å²) >= 11 is 0. The van der Waals surface area contributed by atoms with Crippen LogP contribution in [0.4, 0.5) is 0 Å². The summed E-state index contributed by atoms with van der Waals surface area (Å²) in [7, 11) is 0. The molecule has 1 aromatic carbocycles. The lowest BCUT2D eigenvalue weighted by atomic mass is 9.77. The minimum Gasteiger partial charge on any atom is -0.481 e. The first-order valence-corrected chi connectivity index (χ1v) is 6.19. The fourth-order valence-corrected chi connectivity index (χ4v) is 2.14. The van der Waals surface area contributed by atoms with Gasteiger partial charge in [-0.3, -0.25) is 9.78 Å². The number of hydrogen-bond donors (Lipinski definition) is 1. The lowest BCUT2D eigenvalue weighted by molar-refractivity contribution is -0.143. The molecule has 2 aromatic rings. The van der Waals surface area contributed by atoms with Crippen LogP contribution in [0.5, 0.6) is 0 Å². The predicted octanol–water partition coefficient (Wildman–Crippen LogP) is 2.54. The number of benzene rings is 1. The molecule has 1 heterocycles. The summed E-state index contributed by atoms with van der Waals surface area (Å²) in [5, 5.41) is 18.6. The van der Waals surface area contributed by atoms with E-state index in [2.05, 4.69) is 4.98 Å². The third-order valence-corrected chi connectivity index (χ3v) is 3.41. The van der Waals surface area contributed by atoms with Gasteiger partial charge in [0.15, 0.2) is 0 Å². The Morgan fingerprint density at radius 2 is 2.05 bits per heavy atom. The molecule has 20 heavy (non-hydrogen) atoms. The van der Waals surface area contributed by atoms with Crippen molar-refractivity contribution in [3.8, 4) is 6.07 Å². The van der Waals surface area contributed by atoms with Crippen LogP contribution >= 0.6 is 0 Å². The summed E-state index contributed by atoms with van der Waals surface area (Å²) in [6, 6.07) is 12.4. The second-order valence-corrected chi connectivity index (χ2v) is 4.86. The van der Waals surface area contributed by atoms with E-state index in [1.165, 1.54) is 0 Å². The second kappa shape index (κ2) is 5.54. The molecule has 1 unspecified atom stereocenters. The van der Waals surface area contributed by atoms with Gasteiger partial charge in [-0.05, 0) is 48.7 Å². The number of hydrogen-bond acceptors (Lipinski definition) is 3. The molecule has 0 fully saturated rings. The SMILES string of the molecule is CC(Cc1ccncc1)(C(=O)O)c1cccc(C#N)c1. The molecule has 4 nitrogen and oxygen atoms in total. The number of aromatic nitrogens is 1. The van der Waals surface area contributed by atoms with Gasteiger partial charge >= 0.3 is 5.97 Å². The highest BCUT2D eigenvalue weighted by Gasteiger charge is 2.35. The Labute approximate surface area is 117 Å². The molecule has 4 heteroatoms. The molecule has 0 radical (unpaired) electrons. The first kappa shape index (κ1) is 13.8. The third-order valence-electron chi connectivity index (χ3n) is 3.41. The molecule has 1 atom stereocenters. The van der Waals surface area contributed by atoms with Crippen LogP contribution in [-0.2, 0) is 16.6 Å². The average molecular weight is 266 g/mol. The lowest BCUT2D eigenvalue weighted by Crippen LogP contribution is -2.34. The van der Waals surface area contributed by atoms with Gasteiger partial charge in [0, 0.05) is 12.4 Å². The minimum absolute atomic E-state index is 0.347. The van der Waals surface area contributed by atoms with E-state index >= 15 is 0 Å². The third kappa shape index (κ3) is 2.67. The van der Waals surface area contributed by atoms with Crippen LogP contribution < -0.4 is 0 Å². The first-order chi connectivity index (χ1) is 9.56. The fourth-order valence-electron chi connectivity index (χ4n) is 2.14. The first-order valence-electron chi connectivity index (χ1n) is 6.19. The highest BCUT2D eigenvalue weighted by atomic mass is 16.4. The van der Waals surface area contributed by atoms with Crippen molar-refractivity contribution in [1.29, 1.82) is 5.26 Å². The van der Waals surface area contributed by atoms with Crippen molar-refractivity contribution in [2.75, 3.05) is 0 Å². The van der Waals surface area contributed by atoms with E-state index in [1.807, 2.05) is 6.07 Å². The van der Waals surface area contributed by atoms with Crippen molar-refractivity contribution in [2.24, 2.45) is 0 Å². The van der Waals surface area contributed by atoms with Crippen LogP contribution in [0.25, 0.3) is 0 Å². The van der Waals surface area contributed by atoms with Crippen molar-refractivity contribution < 1.29 is 9.90 Å². The second-order valence-electron chi connectivity index (χ2n) is 4.86. The van der Waals surface area contributed by atoms with E-state index < -0.39 is 11.4 Å². The number of pyridine rings is 1. The summed E-state index contributed by atoms with van der Waals surface area (Å²) in [6.07, 6.45) is 3.63. The highest BCUT2D eigenvalue weighted by Crippen LogP contribution is 2.29. The molecule has 1 N–H and O–H groups in total. The van der Waals surface area contributed by atoms with E-state index in [4.69, 9.17) is 5.26 Å². The van der Waals surface area contributed by atoms with Gasteiger partial charge in [0.1, 0.15) is 0 Å². The van der Waals surface area contributed by atoms with Gasteiger partial charge in [-0.15, -0.1) is 0 Å². The Balaban J connectivity index is 2.44. The van der Waals surface area contributed by atoms with Crippen LogP contribution in [0.1, 0.15) is 23.6 Å². The molecule has 0 spiro atoms. The summed E-state index contributed by atoms with van der Waals surface area (Å²) < 4.78 is 0. The van der Waals surface area contributed by atoms with E-state index in [9.17, 15) is 9.90 Å².